The minimum absolute atomic E-state index is 0.337. The van der Waals surface area contributed by atoms with E-state index in [0.29, 0.717) is 12.1 Å². The molecule has 0 amide bonds. The molecule has 1 N–H and O–H groups in total. The lowest BCUT2D eigenvalue weighted by Crippen LogP contribution is -2.31. The highest BCUT2D eigenvalue weighted by atomic mass is 16.5. The third-order valence-corrected chi connectivity index (χ3v) is 3.37. The van der Waals surface area contributed by atoms with Crippen molar-refractivity contribution >= 4 is 0 Å². The maximum atomic E-state index is 5.43. The molecule has 0 spiro atoms. The summed E-state index contributed by atoms with van der Waals surface area (Å²) in [5.41, 5.74) is 1.25. The fourth-order valence-corrected chi connectivity index (χ4v) is 2.48. The Kier molecular flexibility index (Phi) is 6.81. The number of hydrogen-bond acceptors (Lipinski definition) is 2. The van der Waals surface area contributed by atoms with Gasteiger partial charge < -0.3 is 10.1 Å². The van der Waals surface area contributed by atoms with Gasteiger partial charge in [-0.15, -0.1) is 0 Å². The molecule has 0 aliphatic rings. The minimum atomic E-state index is 0.337. The third kappa shape index (κ3) is 4.34. The number of ether oxygens (including phenoxy) is 1. The molecular formula is C16H27NO. The minimum Gasteiger partial charge on any atom is -0.496 e. The van der Waals surface area contributed by atoms with Gasteiger partial charge in [0.2, 0.25) is 0 Å². The largest absolute Gasteiger partial charge is 0.496 e. The van der Waals surface area contributed by atoms with Crippen LogP contribution in [0.3, 0.4) is 0 Å². The predicted octanol–water partition coefficient (Wildman–Crippen LogP) is 4.31. The lowest BCUT2D eigenvalue weighted by atomic mass is 10.0. The van der Waals surface area contributed by atoms with E-state index in [1.165, 1.54) is 31.2 Å². The van der Waals surface area contributed by atoms with Gasteiger partial charge >= 0.3 is 0 Å². The second kappa shape index (κ2) is 8.15. The fourth-order valence-electron chi connectivity index (χ4n) is 2.48. The molecule has 2 nitrogen and oxygen atoms in total. The van der Waals surface area contributed by atoms with Crippen LogP contribution in [0.15, 0.2) is 24.3 Å². The van der Waals surface area contributed by atoms with Crippen LogP contribution in [-0.2, 0) is 0 Å². The number of hydrogen-bond donors (Lipinski definition) is 1. The van der Waals surface area contributed by atoms with E-state index in [-0.39, 0.29) is 0 Å². The van der Waals surface area contributed by atoms with Gasteiger partial charge in [0.15, 0.2) is 0 Å². The number of methoxy groups -OCH3 is 1. The summed E-state index contributed by atoms with van der Waals surface area (Å²) < 4.78 is 5.43. The van der Waals surface area contributed by atoms with Gasteiger partial charge in [0.1, 0.15) is 5.75 Å². The van der Waals surface area contributed by atoms with Crippen molar-refractivity contribution in [1.29, 1.82) is 0 Å². The van der Waals surface area contributed by atoms with Gasteiger partial charge in [-0.3, -0.25) is 0 Å². The van der Waals surface area contributed by atoms with E-state index in [2.05, 4.69) is 38.2 Å². The van der Waals surface area contributed by atoms with Gasteiger partial charge in [-0.05, 0) is 25.8 Å². The van der Waals surface area contributed by atoms with Crippen LogP contribution in [0.4, 0.5) is 0 Å². The Bertz CT molecular complexity index is 332. The van der Waals surface area contributed by atoms with Crippen molar-refractivity contribution in [2.24, 2.45) is 0 Å². The predicted molar refractivity (Wildman–Crippen MR) is 78.1 cm³/mol. The Morgan fingerprint density at radius 1 is 1.11 bits per heavy atom. The molecular weight excluding hydrogens is 222 g/mol. The second-order valence-corrected chi connectivity index (χ2v) is 4.90. The summed E-state index contributed by atoms with van der Waals surface area (Å²) in [5.74, 6) is 0.976. The standard InChI is InChI=1S/C16H27NO/c1-5-9-14(10-6-2)17-13(3)15-11-7-8-12-16(15)18-4/h7-8,11-14,17H,5-6,9-10H2,1-4H3. The molecule has 102 valence electrons. The quantitative estimate of drug-likeness (QED) is 0.741. The van der Waals surface area contributed by atoms with Gasteiger partial charge in [-0.25, -0.2) is 0 Å². The average molecular weight is 249 g/mol. The van der Waals surface area contributed by atoms with Crippen molar-refractivity contribution in [3.8, 4) is 5.75 Å². The summed E-state index contributed by atoms with van der Waals surface area (Å²) in [5, 5.41) is 3.73. The van der Waals surface area contributed by atoms with Crippen LogP contribution < -0.4 is 10.1 Å². The molecule has 0 aliphatic heterocycles. The van der Waals surface area contributed by atoms with Crippen molar-refractivity contribution in [2.75, 3.05) is 7.11 Å². The van der Waals surface area contributed by atoms with Crippen molar-refractivity contribution in [3.63, 3.8) is 0 Å². The van der Waals surface area contributed by atoms with Crippen LogP contribution >= 0.6 is 0 Å². The zero-order chi connectivity index (χ0) is 13.4. The normalized spacial score (nSPS) is 12.7. The van der Waals surface area contributed by atoms with Gasteiger partial charge in [0.25, 0.3) is 0 Å². The van der Waals surface area contributed by atoms with Crippen LogP contribution in [0.5, 0.6) is 5.75 Å². The smallest absolute Gasteiger partial charge is 0.123 e. The molecule has 18 heavy (non-hydrogen) atoms. The van der Waals surface area contributed by atoms with E-state index in [0.717, 1.165) is 5.75 Å². The van der Waals surface area contributed by atoms with Crippen molar-refractivity contribution < 1.29 is 4.74 Å². The van der Waals surface area contributed by atoms with Crippen LogP contribution in [0.1, 0.15) is 58.1 Å². The number of nitrogens with one attached hydrogen (secondary N) is 1. The Balaban J connectivity index is 2.70. The van der Waals surface area contributed by atoms with Gasteiger partial charge in [0.05, 0.1) is 7.11 Å². The first-order valence-corrected chi connectivity index (χ1v) is 7.11. The first-order valence-electron chi connectivity index (χ1n) is 7.11. The molecule has 0 aromatic heterocycles. The summed E-state index contributed by atoms with van der Waals surface area (Å²) in [6, 6.07) is 9.22. The van der Waals surface area contributed by atoms with E-state index in [4.69, 9.17) is 4.74 Å². The molecule has 0 saturated carbocycles. The lowest BCUT2D eigenvalue weighted by molar-refractivity contribution is 0.377. The molecule has 0 aliphatic carbocycles. The van der Waals surface area contributed by atoms with Crippen molar-refractivity contribution in [3.05, 3.63) is 29.8 Å². The SMILES string of the molecule is CCCC(CCC)NC(C)c1ccccc1OC. The van der Waals surface area contributed by atoms with Crippen molar-refractivity contribution in [2.45, 2.75) is 58.5 Å². The van der Waals surface area contributed by atoms with Crippen LogP contribution in [0.25, 0.3) is 0 Å². The topological polar surface area (TPSA) is 21.3 Å². The van der Waals surface area contributed by atoms with E-state index in [9.17, 15) is 0 Å². The monoisotopic (exact) mass is 249 g/mol. The molecule has 1 aromatic rings. The number of rotatable bonds is 8. The van der Waals surface area contributed by atoms with E-state index < -0.39 is 0 Å². The summed E-state index contributed by atoms with van der Waals surface area (Å²) >= 11 is 0. The van der Waals surface area contributed by atoms with Gasteiger partial charge in [0, 0.05) is 17.6 Å². The first-order chi connectivity index (χ1) is 8.72. The molecule has 1 rings (SSSR count). The summed E-state index contributed by atoms with van der Waals surface area (Å²) in [6.07, 6.45) is 4.95. The fraction of sp³-hybridized carbons (Fsp3) is 0.625. The Hall–Kier alpha value is -1.02. The lowest BCUT2D eigenvalue weighted by Gasteiger charge is -2.24. The Morgan fingerprint density at radius 3 is 2.28 bits per heavy atom. The highest BCUT2D eigenvalue weighted by molar-refractivity contribution is 5.35. The molecule has 0 bridgehead atoms. The molecule has 0 fully saturated rings. The summed E-state index contributed by atoms with van der Waals surface area (Å²) in [7, 11) is 1.74. The Labute approximate surface area is 112 Å². The first kappa shape index (κ1) is 15.0. The zero-order valence-corrected chi connectivity index (χ0v) is 12.2. The van der Waals surface area contributed by atoms with Crippen LogP contribution in [0.2, 0.25) is 0 Å². The van der Waals surface area contributed by atoms with E-state index >= 15 is 0 Å². The molecule has 0 saturated heterocycles. The molecule has 0 heterocycles. The molecule has 1 atom stereocenters. The number of benzene rings is 1. The number of para-hydroxylation sites is 1. The van der Waals surface area contributed by atoms with Gasteiger partial charge in [-0.1, -0.05) is 44.9 Å². The second-order valence-electron chi connectivity index (χ2n) is 4.90. The maximum absolute atomic E-state index is 5.43. The summed E-state index contributed by atoms with van der Waals surface area (Å²) in [4.78, 5) is 0. The maximum Gasteiger partial charge on any atom is 0.123 e. The van der Waals surface area contributed by atoms with E-state index in [1.54, 1.807) is 7.11 Å². The van der Waals surface area contributed by atoms with Crippen molar-refractivity contribution in [1.82, 2.24) is 5.32 Å². The Morgan fingerprint density at radius 2 is 1.72 bits per heavy atom. The molecule has 1 aromatic carbocycles. The van der Waals surface area contributed by atoms with Crippen LogP contribution in [-0.4, -0.2) is 13.2 Å². The van der Waals surface area contributed by atoms with E-state index in [1.807, 2.05) is 12.1 Å². The average Bonchev–Trinajstić information content (AvgIpc) is 2.39. The zero-order valence-electron chi connectivity index (χ0n) is 12.2. The third-order valence-electron chi connectivity index (χ3n) is 3.37. The van der Waals surface area contributed by atoms with Crippen LogP contribution in [0, 0.1) is 0 Å². The molecule has 1 unspecified atom stereocenters. The molecule has 2 heteroatoms. The van der Waals surface area contributed by atoms with Gasteiger partial charge in [-0.2, -0.15) is 0 Å². The highest BCUT2D eigenvalue weighted by Gasteiger charge is 2.14. The molecule has 0 radical (unpaired) electrons. The summed E-state index contributed by atoms with van der Waals surface area (Å²) in [6.45, 7) is 6.71. The highest BCUT2D eigenvalue weighted by Crippen LogP contribution is 2.25.